The summed E-state index contributed by atoms with van der Waals surface area (Å²) in [6.45, 7) is 8.31. The quantitative estimate of drug-likeness (QED) is 0.618. The van der Waals surface area contributed by atoms with E-state index >= 15 is 0 Å². The minimum atomic E-state index is -0.107. The molecule has 3 rings (SSSR count). The van der Waals surface area contributed by atoms with Crippen molar-refractivity contribution in [1.29, 1.82) is 0 Å². The van der Waals surface area contributed by atoms with Crippen LogP contribution >= 0.6 is 11.3 Å². The minimum absolute atomic E-state index is 0.00983. The van der Waals surface area contributed by atoms with Crippen LogP contribution in [0.4, 0.5) is 0 Å². The van der Waals surface area contributed by atoms with Gasteiger partial charge in [0.25, 0.3) is 5.91 Å². The molecule has 0 bridgehead atoms. The molecule has 0 aliphatic heterocycles. The summed E-state index contributed by atoms with van der Waals surface area (Å²) in [4.78, 5) is 13.9. The van der Waals surface area contributed by atoms with Gasteiger partial charge in [0.05, 0.1) is 17.3 Å². The largest absolute Gasteiger partial charge is 0.489 e. The van der Waals surface area contributed by atoms with Gasteiger partial charge < -0.3 is 14.6 Å². The van der Waals surface area contributed by atoms with Crippen LogP contribution in [0.3, 0.4) is 0 Å². The topological polar surface area (TPSA) is 64.4 Å². The molecule has 0 saturated heterocycles. The molecule has 2 heterocycles. The van der Waals surface area contributed by atoms with Gasteiger partial charge in [-0.1, -0.05) is 31.1 Å². The average molecular weight is 385 g/mol. The van der Waals surface area contributed by atoms with E-state index in [0.29, 0.717) is 23.8 Å². The number of carbonyl (C=O) groups is 1. The third-order valence-corrected chi connectivity index (χ3v) is 5.42. The molecule has 6 heteroatoms. The van der Waals surface area contributed by atoms with Gasteiger partial charge in [-0.25, -0.2) is 0 Å². The zero-order valence-electron chi connectivity index (χ0n) is 16.0. The normalized spacial score (nSPS) is 12.2. The molecule has 1 atom stereocenters. The predicted octanol–water partition coefficient (Wildman–Crippen LogP) is 5.06. The highest BCUT2D eigenvalue weighted by molar-refractivity contribution is 7.10. The van der Waals surface area contributed by atoms with Gasteiger partial charge in [-0.3, -0.25) is 4.79 Å². The maximum Gasteiger partial charge on any atom is 0.251 e. The number of aryl methyl sites for hydroxylation is 2. The van der Waals surface area contributed by atoms with Crippen molar-refractivity contribution in [2.45, 2.75) is 40.3 Å². The first-order valence-corrected chi connectivity index (χ1v) is 9.82. The van der Waals surface area contributed by atoms with Crippen molar-refractivity contribution >= 4 is 17.2 Å². The van der Waals surface area contributed by atoms with Crippen molar-refractivity contribution in [3.05, 3.63) is 69.2 Å². The van der Waals surface area contributed by atoms with Crippen LogP contribution in [0.25, 0.3) is 0 Å². The van der Waals surface area contributed by atoms with Gasteiger partial charge in [0.15, 0.2) is 0 Å². The van der Waals surface area contributed by atoms with Crippen molar-refractivity contribution < 1.29 is 14.1 Å². The Morgan fingerprint density at radius 2 is 2.07 bits per heavy atom. The Balaban J connectivity index is 1.70. The van der Waals surface area contributed by atoms with Crippen molar-refractivity contribution in [3.8, 4) is 5.75 Å². The Morgan fingerprint density at radius 1 is 1.26 bits per heavy atom. The summed E-state index contributed by atoms with van der Waals surface area (Å²) in [5.74, 6) is 1.58. The highest BCUT2D eigenvalue weighted by atomic mass is 32.1. The van der Waals surface area contributed by atoms with Gasteiger partial charge in [-0.2, -0.15) is 0 Å². The second-order valence-electron chi connectivity index (χ2n) is 6.83. The summed E-state index contributed by atoms with van der Waals surface area (Å²) in [5, 5.41) is 9.10. The summed E-state index contributed by atoms with van der Waals surface area (Å²) < 4.78 is 11.0. The molecule has 0 unspecified atom stereocenters. The molecular formula is C21H24N2O3S. The summed E-state index contributed by atoms with van der Waals surface area (Å²) in [6.07, 6.45) is 0. The van der Waals surface area contributed by atoms with E-state index in [1.165, 1.54) is 0 Å². The molecule has 3 aromatic rings. The van der Waals surface area contributed by atoms with E-state index in [-0.39, 0.29) is 11.9 Å². The van der Waals surface area contributed by atoms with Crippen LogP contribution in [-0.4, -0.2) is 11.1 Å². The first-order valence-electron chi connectivity index (χ1n) is 8.94. The fraction of sp³-hybridized carbons (Fsp3) is 0.333. The van der Waals surface area contributed by atoms with Gasteiger partial charge in [0.1, 0.15) is 18.1 Å². The number of hydrogen-bond donors (Lipinski definition) is 1. The summed E-state index contributed by atoms with van der Waals surface area (Å²) in [6, 6.07) is 11.3. The number of hydrogen-bond acceptors (Lipinski definition) is 5. The fourth-order valence-corrected chi connectivity index (χ4v) is 3.80. The Morgan fingerprint density at radius 3 is 2.70 bits per heavy atom. The monoisotopic (exact) mass is 384 g/mol. The number of thiophene rings is 1. The number of rotatable bonds is 7. The smallest absolute Gasteiger partial charge is 0.251 e. The zero-order valence-corrected chi connectivity index (χ0v) is 16.8. The molecule has 1 amide bonds. The van der Waals surface area contributed by atoms with Crippen LogP contribution < -0.4 is 10.1 Å². The van der Waals surface area contributed by atoms with Gasteiger partial charge in [-0.05, 0) is 49.4 Å². The first kappa shape index (κ1) is 19.2. The molecule has 2 aromatic heterocycles. The Bertz CT molecular complexity index is 881. The lowest BCUT2D eigenvalue weighted by atomic mass is 10.0. The highest BCUT2D eigenvalue weighted by Crippen LogP contribution is 2.26. The number of carbonyl (C=O) groups excluding carboxylic acids is 1. The van der Waals surface area contributed by atoms with Gasteiger partial charge in [0, 0.05) is 10.4 Å². The first-order chi connectivity index (χ1) is 13.0. The Hall–Kier alpha value is -2.60. The van der Waals surface area contributed by atoms with E-state index in [9.17, 15) is 4.79 Å². The molecule has 0 fully saturated rings. The molecule has 1 aromatic carbocycles. The Kier molecular flexibility index (Phi) is 5.96. The van der Waals surface area contributed by atoms with Crippen LogP contribution in [0, 0.1) is 19.8 Å². The number of amides is 1. The lowest BCUT2D eigenvalue weighted by Crippen LogP contribution is -2.31. The zero-order chi connectivity index (χ0) is 19.4. The van der Waals surface area contributed by atoms with Crippen LogP contribution in [0.1, 0.15) is 52.1 Å². The van der Waals surface area contributed by atoms with Crippen molar-refractivity contribution in [3.63, 3.8) is 0 Å². The standard InChI is InChI=1S/C21H24N2O3S/c1-13(2)20(19-9-6-10-27-19)22-21(24)16-7-5-8-17(11-16)25-12-18-14(3)23-26-15(18)4/h5-11,13,20H,12H2,1-4H3,(H,22,24)/t20-/m1/s1. The van der Waals surface area contributed by atoms with E-state index < -0.39 is 0 Å². The molecular weight excluding hydrogens is 360 g/mol. The number of aromatic nitrogens is 1. The second-order valence-corrected chi connectivity index (χ2v) is 7.81. The Labute approximate surface area is 163 Å². The number of ether oxygens (including phenoxy) is 1. The van der Waals surface area contributed by atoms with Crippen LogP contribution in [0.2, 0.25) is 0 Å². The maximum atomic E-state index is 12.8. The van der Waals surface area contributed by atoms with E-state index in [1.807, 2.05) is 37.4 Å². The lowest BCUT2D eigenvalue weighted by Gasteiger charge is -2.21. The molecule has 0 aliphatic carbocycles. The molecule has 0 saturated carbocycles. The number of nitrogens with one attached hydrogen (secondary N) is 1. The fourth-order valence-electron chi connectivity index (χ4n) is 2.85. The predicted molar refractivity (Wildman–Crippen MR) is 106 cm³/mol. The molecule has 27 heavy (non-hydrogen) atoms. The molecule has 142 valence electrons. The van der Waals surface area contributed by atoms with Crippen molar-refractivity contribution in [2.75, 3.05) is 0 Å². The minimum Gasteiger partial charge on any atom is -0.489 e. The molecule has 0 aliphatic rings. The molecule has 0 radical (unpaired) electrons. The van der Waals surface area contributed by atoms with E-state index in [1.54, 1.807) is 23.5 Å². The average Bonchev–Trinajstić information content (AvgIpc) is 3.28. The van der Waals surface area contributed by atoms with Gasteiger partial charge in [0.2, 0.25) is 0 Å². The van der Waals surface area contributed by atoms with Gasteiger partial charge >= 0.3 is 0 Å². The summed E-state index contributed by atoms with van der Waals surface area (Å²) in [5.41, 5.74) is 2.33. The number of benzene rings is 1. The molecule has 0 spiro atoms. The SMILES string of the molecule is Cc1noc(C)c1COc1cccc(C(=O)N[C@@H](c2cccs2)C(C)C)c1. The van der Waals surface area contributed by atoms with Gasteiger partial charge in [-0.15, -0.1) is 11.3 Å². The van der Waals surface area contributed by atoms with Crippen LogP contribution in [0.5, 0.6) is 5.75 Å². The van der Waals surface area contributed by atoms with Crippen molar-refractivity contribution in [2.24, 2.45) is 5.92 Å². The number of nitrogens with zero attached hydrogens (tertiary/aromatic N) is 1. The van der Waals surface area contributed by atoms with Crippen LogP contribution in [0.15, 0.2) is 46.3 Å². The summed E-state index contributed by atoms with van der Waals surface area (Å²) in [7, 11) is 0. The highest BCUT2D eigenvalue weighted by Gasteiger charge is 2.20. The summed E-state index contributed by atoms with van der Waals surface area (Å²) >= 11 is 1.65. The van der Waals surface area contributed by atoms with Crippen molar-refractivity contribution in [1.82, 2.24) is 10.5 Å². The van der Waals surface area contributed by atoms with E-state index in [2.05, 4.69) is 30.4 Å². The molecule has 1 N–H and O–H groups in total. The maximum absolute atomic E-state index is 12.8. The molecule has 5 nitrogen and oxygen atoms in total. The second kappa shape index (κ2) is 8.39. The van der Waals surface area contributed by atoms with E-state index in [0.717, 1.165) is 21.9 Å². The van der Waals surface area contributed by atoms with Crippen LogP contribution in [-0.2, 0) is 6.61 Å². The van der Waals surface area contributed by atoms with E-state index in [4.69, 9.17) is 9.26 Å². The third-order valence-electron chi connectivity index (χ3n) is 4.46. The lowest BCUT2D eigenvalue weighted by molar-refractivity contribution is 0.0926. The third kappa shape index (κ3) is 4.57.